The highest BCUT2D eigenvalue weighted by Crippen LogP contribution is 2.30. The zero-order chi connectivity index (χ0) is 14.3. The Morgan fingerprint density at radius 3 is 2.47 bits per heavy atom. The summed E-state index contributed by atoms with van der Waals surface area (Å²) in [4.78, 5) is 0. The molecule has 0 spiro atoms. The van der Waals surface area contributed by atoms with Gasteiger partial charge in [0.25, 0.3) is 0 Å². The summed E-state index contributed by atoms with van der Waals surface area (Å²) in [5, 5.41) is 3.53. The van der Waals surface area contributed by atoms with E-state index in [9.17, 15) is 0 Å². The van der Waals surface area contributed by atoms with Crippen molar-refractivity contribution in [3.63, 3.8) is 0 Å². The third kappa shape index (κ3) is 4.84. The zero-order valence-electron chi connectivity index (χ0n) is 12.8. The van der Waals surface area contributed by atoms with Gasteiger partial charge >= 0.3 is 0 Å². The van der Waals surface area contributed by atoms with Crippen LogP contribution in [0.2, 0.25) is 0 Å². The van der Waals surface area contributed by atoms with Crippen LogP contribution in [0.3, 0.4) is 0 Å². The van der Waals surface area contributed by atoms with Crippen LogP contribution >= 0.6 is 0 Å². The van der Waals surface area contributed by atoms with Crippen molar-refractivity contribution in [2.24, 2.45) is 0 Å². The molecule has 0 amide bonds. The van der Waals surface area contributed by atoms with Crippen LogP contribution in [0.5, 0.6) is 5.75 Å². The molecule has 3 heteroatoms. The molecule has 1 rings (SSSR count). The van der Waals surface area contributed by atoms with Crippen molar-refractivity contribution >= 4 is 0 Å². The summed E-state index contributed by atoms with van der Waals surface area (Å²) in [6.45, 7) is 7.32. The van der Waals surface area contributed by atoms with Crippen LogP contribution in [0, 0.1) is 0 Å². The normalized spacial score (nSPS) is 13.3. The number of hydrogen-bond donors (Lipinski definition) is 1. The highest BCUT2D eigenvalue weighted by molar-refractivity contribution is 5.35. The third-order valence-electron chi connectivity index (χ3n) is 3.55. The fraction of sp³-hybridized carbons (Fsp3) is 0.625. The molecule has 3 nitrogen and oxygen atoms in total. The first-order valence-corrected chi connectivity index (χ1v) is 6.95. The second kappa shape index (κ2) is 7.51. The molecule has 0 aliphatic rings. The molecule has 1 N–H and O–H groups in total. The minimum absolute atomic E-state index is 0.0876. The first-order chi connectivity index (χ1) is 9.04. The molecule has 0 saturated heterocycles. The maximum absolute atomic E-state index is 5.50. The van der Waals surface area contributed by atoms with E-state index in [4.69, 9.17) is 9.47 Å². The Kier molecular flexibility index (Phi) is 6.32. The Labute approximate surface area is 117 Å². The maximum Gasteiger partial charge on any atom is 0.123 e. The van der Waals surface area contributed by atoms with Gasteiger partial charge < -0.3 is 14.8 Å². The van der Waals surface area contributed by atoms with Gasteiger partial charge in [-0.05, 0) is 39.3 Å². The smallest absolute Gasteiger partial charge is 0.123 e. The molecule has 1 aromatic rings. The predicted octanol–water partition coefficient (Wildman–Crippen LogP) is 3.55. The van der Waals surface area contributed by atoms with Gasteiger partial charge in [-0.25, -0.2) is 0 Å². The van der Waals surface area contributed by atoms with Crippen LogP contribution in [0.1, 0.15) is 45.2 Å². The number of nitrogens with one attached hydrogen (secondary N) is 1. The largest absolute Gasteiger partial charge is 0.496 e. The maximum atomic E-state index is 5.50. The first-order valence-electron chi connectivity index (χ1n) is 6.95. The van der Waals surface area contributed by atoms with E-state index in [0.717, 1.165) is 25.1 Å². The van der Waals surface area contributed by atoms with Gasteiger partial charge in [0.2, 0.25) is 0 Å². The fourth-order valence-electron chi connectivity index (χ4n) is 2.16. The van der Waals surface area contributed by atoms with Crippen LogP contribution < -0.4 is 10.1 Å². The van der Waals surface area contributed by atoms with Gasteiger partial charge in [-0.2, -0.15) is 0 Å². The molecule has 1 unspecified atom stereocenters. The van der Waals surface area contributed by atoms with Gasteiger partial charge in [-0.3, -0.25) is 0 Å². The van der Waals surface area contributed by atoms with Crippen LogP contribution in [0.4, 0.5) is 0 Å². The van der Waals surface area contributed by atoms with Gasteiger partial charge in [0.05, 0.1) is 12.7 Å². The van der Waals surface area contributed by atoms with Gasteiger partial charge in [0.1, 0.15) is 5.75 Å². The van der Waals surface area contributed by atoms with E-state index in [1.165, 1.54) is 5.56 Å². The zero-order valence-corrected chi connectivity index (χ0v) is 12.8. The lowest BCUT2D eigenvalue weighted by Gasteiger charge is -2.27. The van der Waals surface area contributed by atoms with Crippen molar-refractivity contribution < 1.29 is 9.47 Å². The molecule has 0 aliphatic heterocycles. The lowest BCUT2D eigenvalue weighted by atomic mass is 9.94. The highest BCUT2D eigenvalue weighted by Gasteiger charge is 2.21. The number of rotatable bonds is 8. The molecule has 0 heterocycles. The number of methoxy groups -OCH3 is 2. The predicted molar refractivity (Wildman–Crippen MR) is 79.7 cm³/mol. The van der Waals surface area contributed by atoms with E-state index in [1.54, 1.807) is 14.2 Å². The molecule has 0 bridgehead atoms. The van der Waals surface area contributed by atoms with Gasteiger partial charge in [0.15, 0.2) is 0 Å². The molecule has 0 aliphatic carbocycles. The quantitative estimate of drug-likeness (QED) is 0.779. The van der Waals surface area contributed by atoms with Crippen molar-refractivity contribution in [3.8, 4) is 5.75 Å². The lowest BCUT2D eigenvalue weighted by Crippen LogP contribution is -2.27. The standard InChI is InChI=1S/C16H27NO2/c1-6-17-14(11-12-16(2,3)19-5)13-9-7-8-10-15(13)18-4/h7-10,14,17H,6,11-12H2,1-5H3. The van der Waals surface area contributed by atoms with Crippen LogP contribution in [-0.4, -0.2) is 26.4 Å². The summed E-state index contributed by atoms with van der Waals surface area (Å²) in [5.74, 6) is 0.948. The Bertz CT molecular complexity index is 377. The highest BCUT2D eigenvalue weighted by atomic mass is 16.5. The van der Waals surface area contributed by atoms with Crippen molar-refractivity contribution in [1.29, 1.82) is 0 Å². The number of benzene rings is 1. The molecular weight excluding hydrogens is 238 g/mol. The van der Waals surface area contributed by atoms with E-state index < -0.39 is 0 Å². The molecule has 0 radical (unpaired) electrons. The Hall–Kier alpha value is -1.06. The van der Waals surface area contributed by atoms with Crippen molar-refractivity contribution in [2.45, 2.75) is 45.3 Å². The molecule has 0 aromatic heterocycles. The SMILES string of the molecule is CCNC(CCC(C)(C)OC)c1ccccc1OC. The summed E-state index contributed by atoms with van der Waals surface area (Å²) >= 11 is 0. The van der Waals surface area contributed by atoms with Crippen LogP contribution in [-0.2, 0) is 4.74 Å². The number of hydrogen-bond acceptors (Lipinski definition) is 3. The van der Waals surface area contributed by atoms with Gasteiger partial charge in [-0.15, -0.1) is 0 Å². The molecule has 0 saturated carbocycles. The first kappa shape index (κ1) is 16.0. The monoisotopic (exact) mass is 265 g/mol. The summed E-state index contributed by atoms with van der Waals surface area (Å²) < 4.78 is 11.0. The Morgan fingerprint density at radius 2 is 1.89 bits per heavy atom. The molecule has 1 atom stereocenters. The van der Waals surface area contributed by atoms with E-state index >= 15 is 0 Å². The van der Waals surface area contributed by atoms with Crippen LogP contribution in [0.15, 0.2) is 24.3 Å². The lowest BCUT2D eigenvalue weighted by molar-refractivity contribution is 0.0116. The second-order valence-corrected chi connectivity index (χ2v) is 5.35. The molecule has 19 heavy (non-hydrogen) atoms. The third-order valence-corrected chi connectivity index (χ3v) is 3.55. The molecule has 0 fully saturated rings. The Balaban J connectivity index is 2.82. The van der Waals surface area contributed by atoms with E-state index in [2.05, 4.69) is 38.2 Å². The summed E-state index contributed by atoms with van der Waals surface area (Å²) in [6.07, 6.45) is 2.02. The van der Waals surface area contributed by atoms with Gasteiger partial charge in [-0.1, -0.05) is 25.1 Å². The minimum Gasteiger partial charge on any atom is -0.496 e. The molecule has 1 aromatic carbocycles. The molecule has 108 valence electrons. The van der Waals surface area contributed by atoms with Crippen molar-refractivity contribution in [2.75, 3.05) is 20.8 Å². The van der Waals surface area contributed by atoms with Crippen LogP contribution in [0.25, 0.3) is 0 Å². The number of ether oxygens (including phenoxy) is 2. The summed E-state index contributed by atoms with van der Waals surface area (Å²) in [7, 11) is 3.49. The van der Waals surface area contributed by atoms with E-state index in [1.807, 2.05) is 12.1 Å². The Morgan fingerprint density at radius 1 is 1.21 bits per heavy atom. The second-order valence-electron chi connectivity index (χ2n) is 5.35. The molecular formula is C16H27NO2. The van der Waals surface area contributed by atoms with Gasteiger partial charge in [0, 0.05) is 18.7 Å². The van der Waals surface area contributed by atoms with Crippen molar-refractivity contribution in [1.82, 2.24) is 5.32 Å². The van der Waals surface area contributed by atoms with E-state index in [0.29, 0.717) is 6.04 Å². The van der Waals surface area contributed by atoms with Crippen molar-refractivity contribution in [3.05, 3.63) is 29.8 Å². The minimum atomic E-state index is -0.0876. The average molecular weight is 265 g/mol. The number of para-hydroxylation sites is 1. The summed E-state index contributed by atoms with van der Waals surface area (Å²) in [5.41, 5.74) is 1.13. The topological polar surface area (TPSA) is 30.5 Å². The van der Waals surface area contributed by atoms with E-state index in [-0.39, 0.29) is 5.60 Å². The summed E-state index contributed by atoms with van der Waals surface area (Å²) in [6, 6.07) is 8.51. The fourth-order valence-corrected chi connectivity index (χ4v) is 2.16. The average Bonchev–Trinajstić information content (AvgIpc) is 2.43.